The maximum absolute atomic E-state index is 11.3. The van der Waals surface area contributed by atoms with Crippen LogP contribution in [-0.4, -0.2) is 29.6 Å². The van der Waals surface area contributed by atoms with Crippen LogP contribution in [0.25, 0.3) is 11.0 Å². The Kier molecular flexibility index (Phi) is 4.60. The van der Waals surface area contributed by atoms with Crippen LogP contribution in [0.15, 0.2) is 41.2 Å². The molecule has 0 aliphatic rings. The van der Waals surface area contributed by atoms with Gasteiger partial charge in [0.05, 0.1) is 18.1 Å². The van der Waals surface area contributed by atoms with Crippen LogP contribution in [0, 0.1) is 0 Å². The second-order valence-electron chi connectivity index (χ2n) is 5.43. The molecule has 8 heteroatoms. The molecule has 5 N–H and O–H groups in total. The fraction of sp³-hybridized carbons (Fsp3) is 0.176. The van der Waals surface area contributed by atoms with E-state index >= 15 is 0 Å². The molecule has 0 atom stereocenters. The summed E-state index contributed by atoms with van der Waals surface area (Å²) in [5.74, 6) is 0.424. The average molecular weight is 342 g/mol. The third-order valence-electron chi connectivity index (χ3n) is 3.61. The highest BCUT2D eigenvalue weighted by atomic mass is 16.5. The number of anilines is 1. The van der Waals surface area contributed by atoms with Crippen LogP contribution in [0.5, 0.6) is 11.5 Å². The fourth-order valence-corrected chi connectivity index (χ4v) is 2.44. The number of carbonyl (C=O) groups excluding carboxylic acids is 1. The highest BCUT2D eigenvalue weighted by Crippen LogP contribution is 2.28. The summed E-state index contributed by atoms with van der Waals surface area (Å²) in [6, 6.07) is 11.0. The van der Waals surface area contributed by atoms with Gasteiger partial charge in [-0.25, -0.2) is 4.79 Å². The lowest BCUT2D eigenvalue weighted by atomic mass is 10.2. The van der Waals surface area contributed by atoms with Crippen LogP contribution >= 0.6 is 0 Å². The minimum Gasteiger partial charge on any atom is -0.493 e. The van der Waals surface area contributed by atoms with Gasteiger partial charge >= 0.3 is 5.69 Å². The second kappa shape index (κ2) is 7.00. The topological polar surface area (TPSA) is 122 Å². The Bertz CT molecular complexity index is 961. The first-order chi connectivity index (χ1) is 12.0. The summed E-state index contributed by atoms with van der Waals surface area (Å²) in [5, 5.41) is 3.28. The van der Waals surface area contributed by atoms with Crippen molar-refractivity contribution in [3.8, 4) is 11.5 Å². The van der Waals surface area contributed by atoms with Gasteiger partial charge in [-0.05, 0) is 35.9 Å². The molecular formula is C17H18N4O4. The number of benzene rings is 2. The molecule has 0 aliphatic carbocycles. The molecule has 0 saturated heterocycles. The van der Waals surface area contributed by atoms with E-state index in [0.717, 1.165) is 22.3 Å². The van der Waals surface area contributed by atoms with Crippen molar-refractivity contribution in [2.24, 2.45) is 5.73 Å². The van der Waals surface area contributed by atoms with E-state index in [9.17, 15) is 9.59 Å². The van der Waals surface area contributed by atoms with E-state index in [4.69, 9.17) is 15.2 Å². The maximum Gasteiger partial charge on any atom is 0.323 e. The summed E-state index contributed by atoms with van der Waals surface area (Å²) in [6.07, 6.45) is 0. The quantitative estimate of drug-likeness (QED) is 0.516. The zero-order valence-electron chi connectivity index (χ0n) is 13.6. The Morgan fingerprint density at radius 3 is 2.68 bits per heavy atom. The van der Waals surface area contributed by atoms with Gasteiger partial charge in [-0.2, -0.15) is 0 Å². The van der Waals surface area contributed by atoms with Crippen molar-refractivity contribution in [1.29, 1.82) is 0 Å². The monoisotopic (exact) mass is 342 g/mol. The molecule has 1 aromatic heterocycles. The lowest BCUT2D eigenvalue weighted by Gasteiger charge is -2.12. The van der Waals surface area contributed by atoms with Crippen molar-refractivity contribution in [3.05, 3.63) is 52.4 Å². The maximum atomic E-state index is 11.3. The molecule has 2 aromatic carbocycles. The van der Waals surface area contributed by atoms with Crippen LogP contribution in [0.4, 0.5) is 5.69 Å². The molecule has 25 heavy (non-hydrogen) atoms. The lowest BCUT2D eigenvalue weighted by Crippen LogP contribution is -2.20. The number of hydrogen-bond acceptors (Lipinski definition) is 5. The smallest absolute Gasteiger partial charge is 0.323 e. The average Bonchev–Trinajstić information content (AvgIpc) is 2.97. The van der Waals surface area contributed by atoms with Gasteiger partial charge in [0, 0.05) is 12.2 Å². The van der Waals surface area contributed by atoms with Crippen LogP contribution in [0.1, 0.15) is 5.56 Å². The van der Waals surface area contributed by atoms with Gasteiger partial charge in [0.2, 0.25) is 0 Å². The molecule has 1 heterocycles. The van der Waals surface area contributed by atoms with Gasteiger partial charge < -0.3 is 30.5 Å². The number of carbonyl (C=O) groups is 1. The second-order valence-corrected chi connectivity index (χ2v) is 5.43. The molecular weight excluding hydrogens is 324 g/mol. The van der Waals surface area contributed by atoms with Gasteiger partial charge in [-0.1, -0.05) is 6.07 Å². The Balaban J connectivity index is 1.71. The third-order valence-corrected chi connectivity index (χ3v) is 3.61. The van der Waals surface area contributed by atoms with Gasteiger partial charge in [-0.3, -0.25) is 4.79 Å². The molecule has 3 rings (SSSR count). The largest absolute Gasteiger partial charge is 0.493 e. The number of imidazole rings is 1. The Morgan fingerprint density at radius 1 is 1.12 bits per heavy atom. The Hall–Kier alpha value is -3.42. The number of nitrogens with two attached hydrogens (primary N) is 1. The van der Waals surface area contributed by atoms with Crippen molar-refractivity contribution in [2.75, 3.05) is 19.0 Å². The van der Waals surface area contributed by atoms with E-state index in [-0.39, 0.29) is 12.3 Å². The van der Waals surface area contributed by atoms with Crippen molar-refractivity contribution < 1.29 is 14.3 Å². The first-order valence-corrected chi connectivity index (χ1v) is 7.59. The highest BCUT2D eigenvalue weighted by molar-refractivity contribution is 5.78. The number of primary amides is 1. The van der Waals surface area contributed by atoms with Crippen LogP contribution in [0.2, 0.25) is 0 Å². The fourth-order valence-electron chi connectivity index (χ4n) is 2.44. The summed E-state index contributed by atoms with van der Waals surface area (Å²) in [7, 11) is 1.53. The predicted molar refractivity (Wildman–Crippen MR) is 93.9 cm³/mol. The lowest BCUT2D eigenvalue weighted by molar-refractivity contribution is -0.119. The van der Waals surface area contributed by atoms with Crippen LogP contribution < -0.4 is 26.2 Å². The minimum absolute atomic E-state index is 0.206. The SMILES string of the molecule is COc1cc(CNc2ccc3[nH]c(=O)[nH]c3c2)ccc1OCC(N)=O. The Labute approximate surface area is 142 Å². The van der Waals surface area contributed by atoms with E-state index in [1.54, 1.807) is 6.07 Å². The number of rotatable bonds is 7. The predicted octanol–water partition coefficient (Wildman–Crippen LogP) is 1.34. The molecule has 8 nitrogen and oxygen atoms in total. The summed E-state index contributed by atoms with van der Waals surface area (Å²) >= 11 is 0. The molecule has 0 fully saturated rings. The molecule has 0 radical (unpaired) electrons. The first kappa shape index (κ1) is 16.4. The number of methoxy groups -OCH3 is 1. The highest BCUT2D eigenvalue weighted by Gasteiger charge is 2.07. The molecule has 0 saturated carbocycles. The summed E-state index contributed by atoms with van der Waals surface area (Å²) in [5.41, 5.74) is 8.17. The van der Waals surface area contributed by atoms with Crippen molar-refractivity contribution in [1.82, 2.24) is 9.97 Å². The van der Waals surface area contributed by atoms with E-state index in [2.05, 4.69) is 15.3 Å². The first-order valence-electron chi connectivity index (χ1n) is 7.59. The van der Waals surface area contributed by atoms with Crippen molar-refractivity contribution in [3.63, 3.8) is 0 Å². The van der Waals surface area contributed by atoms with E-state index in [1.807, 2.05) is 30.3 Å². The zero-order valence-corrected chi connectivity index (χ0v) is 13.6. The Morgan fingerprint density at radius 2 is 1.92 bits per heavy atom. The van der Waals surface area contributed by atoms with E-state index < -0.39 is 5.91 Å². The normalized spacial score (nSPS) is 10.6. The van der Waals surface area contributed by atoms with E-state index in [0.29, 0.717) is 18.0 Å². The van der Waals surface area contributed by atoms with Crippen LogP contribution in [0.3, 0.4) is 0 Å². The van der Waals surface area contributed by atoms with Gasteiger partial charge in [0.1, 0.15) is 0 Å². The van der Waals surface area contributed by atoms with Gasteiger partial charge in [-0.15, -0.1) is 0 Å². The molecule has 0 unspecified atom stereocenters. The van der Waals surface area contributed by atoms with Gasteiger partial charge in [0.15, 0.2) is 18.1 Å². The number of hydrogen-bond donors (Lipinski definition) is 4. The van der Waals surface area contributed by atoms with Crippen molar-refractivity contribution in [2.45, 2.75) is 6.54 Å². The number of nitrogens with one attached hydrogen (secondary N) is 3. The molecule has 0 aliphatic heterocycles. The summed E-state index contributed by atoms with van der Waals surface area (Å²) in [4.78, 5) is 27.5. The molecule has 3 aromatic rings. The number of H-pyrrole nitrogens is 2. The number of fused-ring (bicyclic) bond motifs is 1. The zero-order chi connectivity index (χ0) is 17.8. The molecule has 130 valence electrons. The third kappa shape index (κ3) is 3.92. The van der Waals surface area contributed by atoms with Gasteiger partial charge in [0.25, 0.3) is 5.91 Å². The number of aromatic amines is 2. The molecule has 0 spiro atoms. The van der Waals surface area contributed by atoms with E-state index in [1.165, 1.54) is 7.11 Å². The van der Waals surface area contributed by atoms with Crippen LogP contribution in [-0.2, 0) is 11.3 Å². The summed E-state index contributed by atoms with van der Waals surface area (Å²) in [6.45, 7) is 0.343. The minimum atomic E-state index is -0.550. The number of amides is 1. The number of ether oxygens (including phenoxy) is 2. The van der Waals surface area contributed by atoms with Crippen molar-refractivity contribution >= 4 is 22.6 Å². The summed E-state index contributed by atoms with van der Waals surface area (Å²) < 4.78 is 10.6. The number of aromatic nitrogens is 2. The molecule has 0 bridgehead atoms. The standard InChI is InChI=1S/C17H18N4O4/c1-24-15-6-10(2-5-14(15)25-9-16(18)22)8-19-11-3-4-12-13(7-11)21-17(23)20-12/h2-7,19H,8-9H2,1H3,(H2,18,22)(H2,20,21,23). The molecule has 1 amide bonds.